The predicted octanol–water partition coefficient (Wildman–Crippen LogP) is 3.36. The molecule has 3 heteroatoms. The number of aromatic nitrogens is 2. The van der Waals surface area contributed by atoms with Gasteiger partial charge in [-0.1, -0.05) is 32.0 Å². The van der Waals surface area contributed by atoms with Gasteiger partial charge in [-0.25, -0.2) is 0 Å². The topological polar surface area (TPSA) is 17.8 Å². The number of nitrogens with zero attached hydrogens (tertiary/aromatic N) is 2. The third-order valence-corrected chi connectivity index (χ3v) is 2.30. The molecule has 0 unspecified atom stereocenters. The summed E-state index contributed by atoms with van der Waals surface area (Å²) in [6, 6.07) is 8.12. The van der Waals surface area contributed by atoms with Gasteiger partial charge in [-0.2, -0.15) is 5.10 Å². The monoisotopic (exact) mass is 240 g/mol. The fourth-order valence-corrected chi connectivity index (χ4v) is 1.74. The van der Waals surface area contributed by atoms with Crippen LogP contribution in [0.25, 0.3) is 10.9 Å². The van der Waals surface area contributed by atoms with E-state index >= 15 is 0 Å². The molecule has 2 rings (SSSR count). The normalized spacial score (nSPS) is 9.54. The summed E-state index contributed by atoms with van der Waals surface area (Å²) in [6.45, 7) is 4.00. The first kappa shape index (κ1) is 10.3. The van der Waals surface area contributed by atoms with Crippen molar-refractivity contribution in [2.75, 3.05) is 0 Å². The SMILES string of the molecule is CC.Cn1nc(Br)c2ccccc21. The summed E-state index contributed by atoms with van der Waals surface area (Å²) >= 11 is 3.39. The summed E-state index contributed by atoms with van der Waals surface area (Å²) in [4.78, 5) is 0. The zero-order valence-electron chi connectivity index (χ0n) is 8.08. The molecule has 0 aliphatic carbocycles. The molecule has 13 heavy (non-hydrogen) atoms. The van der Waals surface area contributed by atoms with E-state index in [0.29, 0.717) is 0 Å². The molecule has 0 fully saturated rings. The summed E-state index contributed by atoms with van der Waals surface area (Å²) in [5.74, 6) is 0. The van der Waals surface area contributed by atoms with Crippen LogP contribution in [0.1, 0.15) is 13.8 Å². The average Bonchev–Trinajstić information content (AvgIpc) is 2.47. The lowest BCUT2D eigenvalue weighted by Crippen LogP contribution is -1.87. The van der Waals surface area contributed by atoms with Gasteiger partial charge in [0.05, 0.1) is 5.52 Å². The van der Waals surface area contributed by atoms with Crippen molar-refractivity contribution in [2.45, 2.75) is 13.8 Å². The van der Waals surface area contributed by atoms with Gasteiger partial charge in [0, 0.05) is 12.4 Å². The molecule has 0 atom stereocenters. The molecule has 0 saturated heterocycles. The molecule has 2 aromatic rings. The van der Waals surface area contributed by atoms with Gasteiger partial charge in [0.1, 0.15) is 4.60 Å². The molecule has 0 aliphatic heterocycles. The van der Waals surface area contributed by atoms with Crippen molar-refractivity contribution < 1.29 is 0 Å². The first-order valence-corrected chi connectivity index (χ1v) is 5.15. The second-order valence-corrected chi connectivity index (χ2v) is 3.18. The summed E-state index contributed by atoms with van der Waals surface area (Å²) in [5, 5.41) is 5.39. The van der Waals surface area contributed by atoms with Crippen LogP contribution in [0.3, 0.4) is 0 Å². The minimum atomic E-state index is 0.913. The van der Waals surface area contributed by atoms with E-state index in [9.17, 15) is 0 Å². The molecule has 1 aromatic heterocycles. The molecule has 2 nitrogen and oxygen atoms in total. The quantitative estimate of drug-likeness (QED) is 0.691. The number of rotatable bonds is 0. The molecule has 0 amide bonds. The smallest absolute Gasteiger partial charge is 0.135 e. The Morgan fingerprint density at radius 3 is 2.46 bits per heavy atom. The molecule has 0 spiro atoms. The summed E-state index contributed by atoms with van der Waals surface area (Å²) in [5.41, 5.74) is 1.15. The second-order valence-electron chi connectivity index (χ2n) is 2.43. The van der Waals surface area contributed by atoms with E-state index in [2.05, 4.69) is 21.0 Å². The van der Waals surface area contributed by atoms with Crippen molar-refractivity contribution >= 4 is 26.8 Å². The Kier molecular flexibility index (Phi) is 3.48. The fraction of sp³-hybridized carbons (Fsp3) is 0.300. The molecule has 0 saturated carbocycles. The summed E-state index contributed by atoms with van der Waals surface area (Å²) < 4.78 is 2.77. The first-order valence-electron chi connectivity index (χ1n) is 4.36. The number of fused-ring (bicyclic) bond motifs is 1. The lowest BCUT2D eigenvalue weighted by Gasteiger charge is -1.89. The largest absolute Gasteiger partial charge is 0.267 e. The van der Waals surface area contributed by atoms with Crippen molar-refractivity contribution in [1.82, 2.24) is 9.78 Å². The van der Waals surface area contributed by atoms with Crippen LogP contribution in [0.15, 0.2) is 28.9 Å². The number of benzene rings is 1. The van der Waals surface area contributed by atoms with Gasteiger partial charge in [-0.3, -0.25) is 4.68 Å². The maximum atomic E-state index is 4.22. The van der Waals surface area contributed by atoms with E-state index in [4.69, 9.17) is 0 Å². The van der Waals surface area contributed by atoms with Crippen molar-refractivity contribution in [3.63, 3.8) is 0 Å². The van der Waals surface area contributed by atoms with Crippen molar-refractivity contribution in [3.8, 4) is 0 Å². The Bertz CT molecular complexity index is 357. The molecule has 0 bridgehead atoms. The number of hydrogen-bond donors (Lipinski definition) is 0. The van der Waals surface area contributed by atoms with Gasteiger partial charge in [0.25, 0.3) is 0 Å². The van der Waals surface area contributed by atoms with Crippen LogP contribution in [0.4, 0.5) is 0 Å². The molecule has 0 N–H and O–H groups in total. The van der Waals surface area contributed by atoms with Crippen molar-refractivity contribution in [2.24, 2.45) is 7.05 Å². The lowest BCUT2D eigenvalue weighted by atomic mass is 10.3. The maximum Gasteiger partial charge on any atom is 0.135 e. The van der Waals surface area contributed by atoms with E-state index in [-0.39, 0.29) is 0 Å². The predicted molar refractivity (Wildman–Crippen MR) is 59.8 cm³/mol. The molecular formula is C10H13BrN2. The van der Waals surface area contributed by atoms with Crippen molar-refractivity contribution in [1.29, 1.82) is 0 Å². The maximum absolute atomic E-state index is 4.22. The molecule has 70 valence electrons. The van der Waals surface area contributed by atoms with Gasteiger partial charge in [0.2, 0.25) is 0 Å². The summed E-state index contributed by atoms with van der Waals surface area (Å²) in [7, 11) is 1.94. The second kappa shape index (κ2) is 4.42. The Morgan fingerprint density at radius 1 is 1.23 bits per heavy atom. The Balaban J connectivity index is 0.000000396. The van der Waals surface area contributed by atoms with Crippen LogP contribution in [-0.4, -0.2) is 9.78 Å². The van der Waals surface area contributed by atoms with Crippen LogP contribution in [0, 0.1) is 0 Å². The van der Waals surface area contributed by atoms with Gasteiger partial charge < -0.3 is 0 Å². The number of halogens is 1. The molecule has 1 heterocycles. The van der Waals surface area contributed by atoms with Gasteiger partial charge in [-0.15, -0.1) is 0 Å². The lowest BCUT2D eigenvalue weighted by molar-refractivity contribution is 0.788. The number of aryl methyl sites for hydroxylation is 1. The van der Waals surface area contributed by atoms with Gasteiger partial charge in [0.15, 0.2) is 0 Å². The highest BCUT2D eigenvalue weighted by atomic mass is 79.9. The third-order valence-electron chi connectivity index (χ3n) is 1.71. The minimum absolute atomic E-state index is 0.913. The van der Waals surface area contributed by atoms with E-state index in [0.717, 1.165) is 15.5 Å². The van der Waals surface area contributed by atoms with Crippen LogP contribution in [0.2, 0.25) is 0 Å². The molecular weight excluding hydrogens is 228 g/mol. The molecule has 1 aromatic carbocycles. The van der Waals surface area contributed by atoms with E-state index < -0.39 is 0 Å². The van der Waals surface area contributed by atoms with Crippen LogP contribution in [0.5, 0.6) is 0 Å². The zero-order valence-corrected chi connectivity index (χ0v) is 9.67. The number of para-hydroxylation sites is 1. The van der Waals surface area contributed by atoms with Crippen molar-refractivity contribution in [3.05, 3.63) is 28.9 Å². The standard InChI is InChI=1S/C8H7BrN2.C2H6/c1-11-7-5-3-2-4-6(7)8(9)10-11;1-2/h2-5H,1H3;1-2H3. The summed E-state index contributed by atoms with van der Waals surface area (Å²) in [6.07, 6.45) is 0. The zero-order chi connectivity index (χ0) is 9.84. The van der Waals surface area contributed by atoms with E-state index in [1.165, 1.54) is 0 Å². The minimum Gasteiger partial charge on any atom is -0.267 e. The Hall–Kier alpha value is -0.830. The van der Waals surface area contributed by atoms with Gasteiger partial charge in [-0.05, 0) is 22.0 Å². The number of hydrogen-bond acceptors (Lipinski definition) is 1. The highest BCUT2D eigenvalue weighted by Gasteiger charge is 2.02. The Labute approximate surface area is 86.7 Å². The van der Waals surface area contributed by atoms with E-state index in [1.54, 1.807) is 0 Å². The van der Waals surface area contributed by atoms with Crippen LogP contribution < -0.4 is 0 Å². The van der Waals surface area contributed by atoms with Gasteiger partial charge >= 0.3 is 0 Å². The third kappa shape index (κ3) is 1.91. The Morgan fingerprint density at radius 2 is 1.85 bits per heavy atom. The molecule has 0 aliphatic rings. The average molecular weight is 241 g/mol. The van der Waals surface area contributed by atoms with Crippen LogP contribution >= 0.6 is 15.9 Å². The molecule has 0 radical (unpaired) electrons. The first-order chi connectivity index (χ1) is 6.29. The van der Waals surface area contributed by atoms with E-state index in [1.807, 2.05) is 49.8 Å². The highest BCUT2D eigenvalue weighted by molar-refractivity contribution is 9.10. The highest BCUT2D eigenvalue weighted by Crippen LogP contribution is 2.21. The van der Waals surface area contributed by atoms with Crippen LogP contribution in [-0.2, 0) is 7.05 Å². The fourth-order valence-electron chi connectivity index (χ4n) is 1.17.